The fourth-order valence-corrected chi connectivity index (χ4v) is 7.62. The summed E-state index contributed by atoms with van der Waals surface area (Å²) in [6.07, 6.45) is 24.2. The van der Waals surface area contributed by atoms with Crippen LogP contribution in [0.25, 0.3) is 0 Å². The topological polar surface area (TPSA) is 231 Å². The Bertz CT molecular complexity index is 1340. The summed E-state index contributed by atoms with van der Waals surface area (Å²) < 4.78 is 33.5. The third-order valence-corrected chi connectivity index (χ3v) is 11.8. The normalized spacial score (nSPS) is 26.6. The lowest BCUT2D eigenvalue weighted by Gasteiger charge is -2.42. The molecule has 7 N–H and O–H groups in total. The highest BCUT2D eigenvalue weighted by atomic mass is 16.7. The molecule has 0 aromatic heterocycles. The minimum atomic E-state index is -1.77. The molecule has 0 saturated carbocycles. The Morgan fingerprint density at radius 3 is 1.52 bits per heavy atom. The van der Waals surface area contributed by atoms with E-state index < -0.39 is 99.3 Å². The number of allylic oxidation sites excluding steroid dienone is 8. The van der Waals surface area contributed by atoms with Gasteiger partial charge in [-0.15, -0.1) is 0 Å². The number of aliphatic hydroxyl groups is 7. The molecular weight excluding hydrogens is 853 g/mol. The second kappa shape index (κ2) is 38.3. The van der Waals surface area contributed by atoms with Gasteiger partial charge < -0.3 is 64.2 Å². The Kier molecular flexibility index (Phi) is 34.6. The molecule has 2 saturated heterocycles. The zero-order chi connectivity index (χ0) is 48.2. The zero-order valence-corrected chi connectivity index (χ0v) is 40.2. The molecule has 2 aliphatic heterocycles. The van der Waals surface area contributed by atoms with Crippen LogP contribution in [0.5, 0.6) is 0 Å². The quantitative estimate of drug-likeness (QED) is 0.0194. The van der Waals surface area contributed by atoms with Crippen molar-refractivity contribution in [2.24, 2.45) is 0 Å². The van der Waals surface area contributed by atoms with E-state index in [0.29, 0.717) is 12.8 Å². The first-order valence-electron chi connectivity index (χ1n) is 25.2. The summed E-state index contributed by atoms with van der Waals surface area (Å²) in [6.45, 7) is 2.42. The van der Waals surface area contributed by atoms with Crippen molar-refractivity contribution in [1.29, 1.82) is 0 Å². The van der Waals surface area contributed by atoms with Crippen LogP contribution in [0.15, 0.2) is 48.6 Å². The Labute approximate surface area is 395 Å². The molecule has 15 nitrogen and oxygen atoms in total. The molecule has 4 unspecified atom stereocenters. The van der Waals surface area contributed by atoms with Crippen LogP contribution < -0.4 is 0 Å². The molecule has 0 bridgehead atoms. The summed E-state index contributed by atoms with van der Waals surface area (Å²) in [5, 5.41) is 72.0. The van der Waals surface area contributed by atoms with Crippen molar-refractivity contribution < 1.29 is 73.8 Å². The molecule has 0 aliphatic carbocycles. The van der Waals surface area contributed by atoms with Crippen LogP contribution in [0.2, 0.25) is 0 Å². The monoisotopic (exact) mass is 941 g/mol. The number of esters is 2. The number of rotatable bonds is 38. The molecule has 0 aromatic carbocycles. The van der Waals surface area contributed by atoms with Crippen LogP contribution in [0.3, 0.4) is 0 Å². The van der Waals surface area contributed by atoms with Gasteiger partial charge in [-0.25, -0.2) is 0 Å². The van der Waals surface area contributed by atoms with Gasteiger partial charge in [0.25, 0.3) is 0 Å². The molecule has 11 atom stereocenters. The van der Waals surface area contributed by atoms with E-state index in [0.717, 1.165) is 77.0 Å². The average Bonchev–Trinajstić information content (AvgIpc) is 3.31. The molecule has 382 valence electrons. The highest BCUT2D eigenvalue weighted by Crippen LogP contribution is 2.26. The van der Waals surface area contributed by atoms with Crippen LogP contribution in [0.1, 0.15) is 168 Å². The number of hydrogen-bond acceptors (Lipinski definition) is 15. The van der Waals surface area contributed by atoms with Crippen molar-refractivity contribution in [3.63, 3.8) is 0 Å². The van der Waals surface area contributed by atoms with Gasteiger partial charge in [-0.1, -0.05) is 140 Å². The molecule has 0 aromatic rings. The van der Waals surface area contributed by atoms with E-state index in [-0.39, 0.29) is 19.4 Å². The van der Waals surface area contributed by atoms with Gasteiger partial charge in [-0.05, 0) is 64.2 Å². The minimum absolute atomic E-state index is 0.144. The molecule has 0 spiro atoms. The van der Waals surface area contributed by atoms with Gasteiger partial charge in [0.1, 0.15) is 55.4 Å². The Balaban J connectivity index is 1.82. The van der Waals surface area contributed by atoms with Gasteiger partial charge >= 0.3 is 11.9 Å². The van der Waals surface area contributed by atoms with Crippen LogP contribution in [0, 0.1) is 0 Å². The van der Waals surface area contributed by atoms with Crippen molar-refractivity contribution in [2.75, 3.05) is 26.4 Å². The van der Waals surface area contributed by atoms with Crippen molar-refractivity contribution >= 4 is 11.9 Å². The van der Waals surface area contributed by atoms with E-state index in [1.807, 2.05) is 0 Å². The average molecular weight is 941 g/mol. The SMILES string of the molecule is CC/C=C/C/C=C/C/C=C/CCCCCCCC(=O)O[C@H](COC(=O)CCCCCCCCCCC/C=C/CCCC)CO[C@@H]1O[C@H](CO[C@@H]2O[C@H](CO)[C@H](O)C(O)C2O)[C@H](O)C(O)C1O. The number of carbonyl (C=O) groups is 2. The summed E-state index contributed by atoms with van der Waals surface area (Å²) in [6, 6.07) is 0. The molecule has 0 radical (unpaired) electrons. The first-order valence-corrected chi connectivity index (χ1v) is 25.2. The first kappa shape index (κ1) is 59.6. The van der Waals surface area contributed by atoms with Gasteiger partial charge in [0.15, 0.2) is 18.7 Å². The maximum atomic E-state index is 13.0. The van der Waals surface area contributed by atoms with E-state index in [9.17, 15) is 45.3 Å². The molecular formula is C51H88O15. The van der Waals surface area contributed by atoms with Crippen LogP contribution in [-0.2, 0) is 38.0 Å². The number of ether oxygens (including phenoxy) is 6. The van der Waals surface area contributed by atoms with E-state index in [1.54, 1.807) is 0 Å². The lowest BCUT2D eigenvalue weighted by Crippen LogP contribution is -2.61. The standard InChI is InChI=1S/C51H88O15/c1-3-5-7-9-11-13-15-17-19-21-23-25-27-29-31-33-42(53)61-36-39(64-43(54)34-32-30-28-26-24-22-20-18-16-14-12-10-8-6-4-2)37-62-50-49(60)47(58)45(56)41(66-50)38-63-51-48(59)46(57)44(55)40(35-52)65-51/h6,8-9,11-12,14,18,20,39-41,44-52,55-60H,3-5,7,10,13,15-17,19,21-38H2,1-2H3/b8-6+,11-9+,14-12+,20-18+/t39-,40-,41-,44+,45+,46?,47?,48?,49?,50-,51-/m1/s1. The number of aliphatic hydroxyl groups excluding tert-OH is 7. The second-order valence-corrected chi connectivity index (χ2v) is 17.6. The summed E-state index contributed by atoms with van der Waals surface area (Å²) in [4.78, 5) is 25.7. The van der Waals surface area contributed by atoms with Gasteiger partial charge in [-0.2, -0.15) is 0 Å². The first-order chi connectivity index (χ1) is 32.0. The fourth-order valence-electron chi connectivity index (χ4n) is 7.62. The molecule has 15 heteroatoms. The molecule has 66 heavy (non-hydrogen) atoms. The summed E-state index contributed by atoms with van der Waals surface area (Å²) in [5.74, 6) is -0.949. The Hall–Kier alpha value is -2.54. The van der Waals surface area contributed by atoms with Gasteiger partial charge in [0.05, 0.1) is 19.8 Å². The summed E-state index contributed by atoms with van der Waals surface area (Å²) >= 11 is 0. The van der Waals surface area contributed by atoms with E-state index >= 15 is 0 Å². The molecule has 2 aliphatic rings. The van der Waals surface area contributed by atoms with Crippen LogP contribution in [-0.4, -0.2) is 142 Å². The molecule has 2 rings (SSSR count). The smallest absolute Gasteiger partial charge is 0.306 e. The molecule has 2 heterocycles. The van der Waals surface area contributed by atoms with Crippen molar-refractivity contribution in [3.05, 3.63) is 48.6 Å². The maximum Gasteiger partial charge on any atom is 0.306 e. The summed E-state index contributed by atoms with van der Waals surface area (Å²) in [7, 11) is 0. The highest BCUT2D eigenvalue weighted by Gasteiger charge is 2.47. The zero-order valence-electron chi connectivity index (χ0n) is 40.2. The van der Waals surface area contributed by atoms with Crippen molar-refractivity contribution in [1.82, 2.24) is 0 Å². The predicted molar refractivity (Wildman–Crippen MR) is 252 cm³/mol. The predicted octanol–water partition coefficient (Wildman–Crippen LogP) is 6.71. The lowest BCUT2D eigenvalue weighted by molar-refractivity contribution is -0.332. The summed E-state index contributed by atoms with van der Waals surface area (Å²) in [5.41, 5.74) is 0. The fraction of sp³-hybridized carbons (Fsp3) is 0.804. The van der Waals surface area contributed by atoms with Gasteiger partial charge in [-0.3, -0.25) is 9.59 Å². The second-order valence-electron chi connectivity index (χ2n) is 17.6. The number of hydrogen-bond donors (Lipinski definition) is 7. The van der Waals surface area contributed by atoms with E-state index in [4.69, 9.17) is 28.4 Å². The van der Waals surface area contributed by atoms with Gasteiger partial charge in [0, 0.05) is 12.8 Å². The van der Waals surface area contributed by atoms with E-state index in [2.05, 4.69) is 62.5 Å². The molecule has 2 fully saturated rings. The largest absolute Gasteiger partial charge is 0.462 e. The number of carbonyl (C=O) groups excluding carboxylic acids is 2. The Morgan fingerprint density at radius 2 is 0.955 bits per heavy atom. The lowest BCUT2D eigenvalue weighted by atomic mass is 9.98. The molecule has 0 amide bonds. The van der Waals surface area contributed by atoms with Crippen molar-refractivity contribution in [2.45, 2.75) is 235 Å². The van der Waals surface area contributed by atoms with Crippen molar-refractivity contribution in [3.8, 4) is 0 Å². The highest BCUT2D eigenvalue weighted by molar-refractivity contribution is 5.70. The van der Waals surface area contributed by atoms with E-state index in [1.165, 1.54) is 51.4 Å². The third-order valence-electron chi connectivity index (χ3n) is 11.8. The minimum Gasteiger partial charge on any atom is -0.462 e. The third kappa shape index (κ3) is 26.3. The van der Waals surface area contributed by atoms with Crippen LogP contribution in [0.4, 0.5) is 0 Å². The Morgan fingerprint density at radius 1 is 0.500 bits per heavy atom. The number of unbranched alkanes of at least 4 members (excludes halogenated alkanes) is 16. The maximum absolute atomic E-state index is 13.0. The van der Waals surface area contributed by atoms with Gasteiger partial charge in [0.2, 0.25) is 0 Å². The van der Waals surface area contributed by atoms with Crippen LogP contribution >= 0.6 is 0 Å².